The molecule has 1 amide bonds. The van der Waals surface area contributed by atoms with Crippen LogP contribution in [0, 0.1) is 5.82 Å². The lowest BCUT2D eigenvalue weighted by Gasteiger charge is -2.27. The number of aromatic nitrogens is 2. The van der Waals surface area contributed by atoms with Crippen molar-refractivity contribution in [3.8, 4) is 5.88 Å². The largest absolute Gasteiger partial charge is 0.472 e. The summed E-state index contributed by atoms with van der Waals surface area (Å²) in [7, 11) is 0. The van der Waals surface area contributed by atoms with Gasteiger partial charge in [0.2, 0.25) is 5.88 Å². The first-order valence-corrected chi connectivity index (χ1v) is 8.03. The van der Waals surface area contributed by atoms with Crippen LogP contribution in [0.1, 0.15) is 16.1 Å². The number of carbonyl (C=O) groups is 1. The summed E-state index contributed by atoms with van der Waals surface area (Å²) in [4.78, 5) is 14.3. The van der Waals surface area contributed by atoms with Crippen molar-refractivity contribution in [1.82, 2.24) is 9.78 Å². The maximum atomic E-state index is 13.4. The molecular weight excluding hydrogens is 321 g/mol. The van der Waals surface area contributed by atoms with Gasteiger partial charge in [-0.25, -0.2) is 4.39 Å². The van der Waals surface area contributed by atoms with Gasteiger partial charge in [-0.3, -0.25) is 9.48 Å². The van der Waals surface area contributed by atoms with E-state index < -0.39 is 0 Å². The third kappa shape index (κ3) is 3.10. The van der Waals surface area contributed by atoms with E-state index >= 15 is 0 Å². The molecule has 1 aliphatic rings. The third-order valence-corrected chi connectivity index (χ3v) is 4.11. The Labute approximate surface area is 144 Å². The highest BCUT2D eigenvalue weighted by molar-refractivity contribution is 6.05. The Morgan fingerprint density at radius 3 is 2.68 bits per heavy atom. The number of carbonyl (C=O) groups excluding carboxylic acids is 1. The average Bonchev–Trinajstić information content (AvgIpc) is 3.05. The molecule has 2 heterocycles. The van der Waals surface area contributed by atoms with Crippen LogP contribution in [-0.4, -0.2) is 22.2 Å². The van der Waals surface area contributed by atoms with Crippen LogP contribution in [0.2, 0.25) is 0 Å². The van der Waals surface area contributed by atoms with Crippen LogP contribution in [0.25, 0.3) is 0 Å². The lowest BCUT2D eigenvalue weighted by atomic mass is 10.2. The van der Waals surface area contributed by atoms with Crippen LogP contribution < -0.4 is 9.64 Å². The molecule has 0 aliphatic carbocycles. The molecule has 0 unspecified atom stereocenters. The number of halogens is 1. The molecule has 1 aliphatic heterocycles. The summed E-state index contributed by atoms with van der Waals surface area (Å²) in [6, 6.07) is 17.4. The Hall–Kier alpha value is -3.15. The molecule has 0 saturated carbocycles. The zero-order valence-electron chi connectivity index (χ0n) is 13.4. The number of anilines is 1. The monoisotopic (exact) mass is 337 g/mol. The standard InChI is InChI=1S/C19H16FN3O2/c20-15-7-4-8-16(11-15)22-9-10-23-17(19(22)24)12-18(21-23)25-13-14-5-2-1-3-6-14/h1-8,11-12H,9-10,13H2. The normalized spacial score (nSPS) is 13.6. The Bertz CT molecular complexity index is 908. The zero-order chi connectivity index (χ0) is 17.2. The predicted molar refractivity (Wildman–Crippen MR) is 91.1 cm³/mol. The minimum Gasteiger partial charge on any atom is -0.472 e. The summed E-state index contributed by atoms with van der Waals surface area (Å²) in [5.74, 6) is -0.163. The van der Waals surface area contributed by atoms with Crippen molar-refractivity contribution < 1.29 is 13.9 Å². The second-order valence-electron chi connectivity index (χ2n) is 5.80. The molecule has 3 aromatic rings. The van der Waals surface area contributed by atoms with E-state index in [1.807, 2.05) is 30.3 Å². The van der Waals surface area contributed by atoms with Gasteiger partial charge >= 0.3 is 0 Å². The average molecular weight is 337 g/mol. The maximum absolute atomic E-state index is 13.4. The van der Waals surface area contributed by atoms with Gasteiger partial charge in [-0.1, -0.05) is 36.4 Å². The summed E-state index contributed by atoms with van der Waals surface area (Å²) in [5.41, 5.74) is 2.02. The molecule has 0 spiro atoms. The van der Waals surface area contributed by atoms with Crippen LogP contribution in [0.15, 0.2) is 60.7 Å². The summed E-state index contributed by atoms with van der Waals surface area (Å²) in [6.07, 6.45) is 0. The molecule has 0 saturated heterocycles. The lowest BCUT2D eigenvalue weighted by molar-refractivity contribution is 0.0962. The molecule has 2 aromatic carbocycles. The van der Waals surface area contributed by atoms with Crippen molar-refractivity contribution in [2.45, 2.75) is 13.2 Å². The molecule has 25 heavy (non-hydrogen) atoms. The van der Waals surface area contributed by atoms with E-state index in [1.165, 1.54) is 12.1 Å². The van der Waals surface area contributed by atoms with Gasteiger partial charge in [0, 0.05) is 18.3 Å². The molecule has 4 rings (SSSR count). The summed E-state index contributed by atoms with van der Waals surface area (Å²) >= 11 is 0. The number of hydrogen-bond acceptors (Lipinski definition) is 3. The SMILES string of the molecule is O=C1c2cc(OCc3ccccc3)nn2CCN1c1cccc(F)c1. The number of benzene rings is 2. The first-order valence-electron chi connectivity index (χ1n) is 8.03. The molecule has 0 bridgehead atoms. The van der Waals surface area contributed by atoms with Gasteiger partial charge in [-0.2, -0.15) is 0 Å². The van der Waals surface area contributed by atoms with Gasteiger partial charge in [0.15, 0.2) is 0 Å². The molecule has 0 atom stereocenters. The van der Waals surface area contributed by atoms with E-state index in [-0.39, 0.29) is 11.7 Å². The Kier molecular flexibility index (Phi) is 3.93. The lowest BCUT2D eigenvalue weighted by Crippen LogP contribution is -2.40. The highest BCUT2D eigenvalue weighted by atomic mass is 19.1. The molecule has 1 aromatic heterocycles. The number of hydrogen-bond donors (Lipinski definition) is 0. The fraction of sp³-hybridized carbons (Fsp3) is 0.158. The van der Waals surface area contributed by atoms with Crippen molar-refractivity contribution in [3.05, 3.63) is 77.7 Å². The van der Waals surface area contributed by atoms with Gasteiger partial charge in [0.25, 0.3) is 5.91 Å². The van der Waals surface area contributed by atoms with Crippen LogP contribution >= 0.6 is 0 Å². The quantitative estimate of drug-likeness (QED) is 0.734. The third-order valence-electron chi connectivity index (χ3n) is 4.11. The van der Waals surface area contributed by atoms with Gasteiger partial charge in [-0.15, -0.1) is 5.10 Å². The first kappa shape index (κ1) is 15.4. The summed E-state index contributed by atoms with van der Waals surface area (Å²) in [6.45, 7) is 1.36. The van der Waals surface area contributed by atoms with E-state index in [0.717, 1.165) is 5.56 Å². The first-order chi connectivity index (χ1) is 12.2. The second kappa shape index (κ2) is 6.39. The van der Waals surface area contributed by atoms with E-state index in [2.05, 4.69) is 5.10 Å². The predicted octanol–water partition coefficient (Wildman–Crippen LogP) is 3.26. The van der Waals surface area contributed by atoms with Crippen molar-refractivity contribution in [1.29, 1.82) is 0 Å². The molecule has 0 radical (unpaired) electrons. The van der Waals surface area contributed by atoms with Crippen molar-refractivity contribution >= 4 is 11.6 Å². The van der Waals surface area contributed by atoms with Gasteiger partial charge in [0.1, 0.15) is 18.1 Å². The van der Waals surface area contributed by atoms with Crippen LogP contribution in [0.5, 0.6) is 5.88 Å². The fourth-order valence-electron chi connectivity index (χ4n) is 2.86. The molecular formula is C19H16FN3O2. The van der Waals surface area contributed by atoms with E-state index in [4.69, 9.17) is 4.74 Å². The van der Waals surface area contributed by atoms with E-state index in [9.17, 15) is 9.18 Å². The Morgan fingerprint density at radius 2 is 1.88 bits per heavy atom. The van der Waals surface area contributed by atoms with Crippen molar-refractivity contribution in [2.75, 3.05) is 11.4 Å². The van der Waals surface area contributed by atoms with E-state index in [0.29, 0.717) is 37.0 Å². The number of fused-ring (bicyclic) bond motifs is 1. The van der Waals surface area contributed by atoms with Crippen LogP contribution in [-0.2, 0) is 13.2 Å². The van der Waals surface area contributed by atoms with E-state index in [1.54, 1.807) is 27.8 Å². The summed E-state index contributed by atoms with van der Waals surface area (Å²) < 4.78 is 20.8. The number of amides is 1. The molecule has 5 nitrogen and oxygen atoms in total. The highest BCUT2D eigenvalue weighted by Crippen LogP contribution is 2.24. The van der Waals surface area contributed by atoms with Gasteiger partial charge in [-0.05, 0) is 23.8 Å². The minimum absolute atomic E-state index is 0.209. The Balaban J connectivity index is 1.53. The topological polar surface area (TPSA) is 47.4 Å². The summed E-state index contributed by atoms with van der Waals surface area (Å²) in [5, 5.41) is 4.33. The van der Waals surface area contributed by atoms with Crippen molar-refractivity contribution in [3.63, 3.8) is 0 Å². The zero-order valence-corrected chi connectivity index (χ0v) is 13.4. The van der Waals surface area contributed by atoms with Gasteiger partial charge in [0.05, 0.1) is 6.54 Å². The Morgan fingerprint density at radius 1 is 1.04 bits per heavy atom. The number of ether oxygens (including phenoxy) is 1. The molecule has 6 heteroatoms. The van der Waals surface area contributed by atoms with Gasteiger partial charge < -0.3 is 9.64 Å². The molecule has 126 valence electrons. The second-order valence-corrected chi connectivity index (χ2v) is 5.80. The minimum atomic E-state index is -0.365. The van der Waals surface area contributed by atoms with Crippen LogP contribution in [0.3, 0.4) is 0 Å². The van der Waals surface area contributed by atoms with Crippen molar-refractivity contribution in [2.24, 2.45) is 0 Å². The molecule has 0 fully saturated rings. The fourth-order valence-corrected chi connectivity index (χ4v) is 2.86. The maximum Gasteiger partial charge on any atom is 0.276 e. The van der Waals surface area contributed by atoms with Crippen LogP contribution in [0.4, 0.5) is 10.1 Å². The highest BCUT2D eigenvalue weighted by Gasteiger charge is 2.28. The number of rotatable bonds is 4. The molecule has 0 N–H and O–H groups in total. The smallest absolute Gasteiger partial charge is 0.276 e. The number of nitrogens with zero attached hydrogens (tertiary/aromatic N) is 3.